The first-order valence-electron chi connectivity index (χ1n) is 7.83. The minimum atomic E-state index is 0.482. The number of nitrogens with one attached hydrogen (secondary N) is 1. The summed E-state index contributed by atoms with van der Waals surface area (Å²) >= 11 is 1.86. The zero-order valence-corrected chi connectivity index (χ0v) is 13.8. The van der Waals surface area contributed by atoms with Gasteiger partial charge in [-0.3, -0.25) is 0 Å². The number of rotatable bonds is 7. The Bertz CT molecular complexity index is 408. The molecule has 114 valence electrons. The summed E-state index contributed by atoms with van der Waals surface area (Å²) in [5, 5.41) is 4.68. The van der Waals surface area contributed by atoms with Gasteiger partial charge in [0.15, 0.2) is 5.13 Å². The zero-order valence-electron chi connectivity index (χ0n) is 12.9. The Labute approximate surface area is 126 Å². The summed E-state index contributed by atoms with van der Waals surface area (Å²) in [5.41, 5.74) is 1.26. The van der Waals surface area contributed by atoms with E-state index in [0.29, 0.717) is 6.04 Å². The Hall–Kier alpha value is -0.650. The van der Waals surface area contributed by atoms with Crippen molar-refractivity contribution in [3.05, 3.63) is 10.6 Å². The van der Waals surface area contributed by atoms with E-state index in [2.05, 4.69) is 31.0 Å². The molecule has 2 heterocycles. The maximum atomic E-state index is 5.59. The van der Waals surface area contributed by atoms with E-state index >= 15 is 0 Å². The first-order valence-corrected chi connectivity index (χ1v) is 8.65. The number of aryl methyl sites for hydroxylation is 1. The summed E-state index contributed by atoms with van der Waals surface area (Å²) in [4.78, 5) is 8.72. The fourth-order valence-corrected chi connectivity index (χ4v) is 3.75. The Morgan fingerprint density at radius 3 is 2.95 bits per heavy atom. The van der Waals surface area contributed by atoms with Gasteiger partial charge in [0.05, 0.1) is 24.9 Å². The lowest BCUT2D eigenvalue weighted by molar-refractivity contribution is 0.0929. The Morgan fingerprint density at radius 1 is 1.40 bits per heavy atom. The molecule has 1 aliphatic heterocycles. The minimum Gasteiger partial charge on any atom is -0.377 e. The molecule has 0 radical (unpaired) electrons. The summed E-state index contributed by atoms with van der Waals surface area (Å²) in [5.74, 6) is 0. The van der Waals surface area contributed by atoms with Crippen LogP contribution in [0.25, 0.3) is 0 Å². The van der Waals surface area contributed by atoms with Gasteiger partial charge in [-0.25, -0.2) is 4.98 Å². The molecule has 1 aromatic rings. The van der Waals surface area contributed by atoms with Crippen LogP contribution in [0.3, 0.4) is 0 Å². The second kappa shape index (κ2) is 7.96. The standard InChI is InChI=1S/C15H27N3OS/c1-4-7-16-10-14-13(6-3)17-15(20-14)18-8-9-19-11-12(18)5-2/h12,16H,4-11H2,1-3H3. The van der Waals surface area contributed by atoms with Crippen molar-refractivity contribution in [2.75, 3.05) is 31.2 Å². The first-order chi connectivity index (χ1) is 9.80. The molecule has 1 aromatic heterocycles. The number of anilines is 1. The van der Waals surface area contributed by atoms with Crippen molar-refractivity contribution in [1.29, 1.82) is 0 Å². The fraction of sp³-hybridized carbons (Fsp3) is 0.800. The lowest BCUT2D eigenvalue weighted by Gasteiger charge is -2.34. The van der Waals surface area contributed by atoms with Gasteiger partial charge in [-0.15, -0.1) is 11.3 Å². The highest BCUT2D eigenvalue weighted by Crippen LogP contribution is 2.30. The van der Waals surface area contributed by atoms with Gasteiger partial charge in [0, 0.05) is 18.0 Å². The maximum absolute atomic E-state index is 5.59. The van der Waals surface area contributed by atoms with Crippen LogP contribution in [0.2, 0.25) is 0 Å². The van der Waals surface area contributed by atoms with Crippen molar-refractivity contribution < 1.29 is 4.74 Å². The van der Waals surface area contributed by atoms with E-state index in [0.717, 1.165) is 45.7 Å². The third-order valence-electron chi connectivity index (χ3n) is 3.76. The molecular weight excluding hydrogens is 270 g/mol. The summed E-state index contributed by atoms with van der Waals surface area (Å²) in [7, 11) is 0. The van der Waals surface area contributed by atoms with Gasteiger partial charge < -0.3 is 15.0 Å². The number of morpholine rings is 1. The normalized spacial score (nSPS) is 19.6. The number of nitrogens with zero attached hydrogens (tertiary/aromatic N) is 2. The molecule has 0 saturated carbocycles. The molecule has 1 atom stereocenters. The quantitative estimate of drug-likeness (QED) is 0.785. The summed E-state index contributed by atoms with van der Waals surface area (Å²) in [6, 6.07) is 0.482. The highest BCUT2D eigenvalue weighted by Gasteiger charge is 2.25. The topological polar surface area (TPSA) is 37.4 Å². The van der Waals surface area contributed by atoms with Crippen molar-refractivity contribution in [3.63, 3.8) is 0 Å². The van der Waals surface area contributed by atoms with Crippen molar-refractivity contribution in [1.82, 2.24) is 10.3 Å². The molecule has 5 heteroatoms. The van der Waals surface area contributed by atoms with Gasteiger partial charge in [-0.1, -0.05) is 20.8 Å². The van der Waals surface area contributed by atoms with Crippen LogP contribution in [-0.2, 0) is 17.7 Å². The maximum Gasteiger partial charge on any atom is 0.186 e. The van der Waals surface area contributed by atoms with Crippen molar-refractivity contribution >= 4 is 16.5 Å². The highest BCUT2D eigenvalue weighted by molar-refractivity contribution is 7.15. The van der Waals surface area contributed by atoms with Crippen LogP contribution < -0.4 is 10.2 Å². The largest absolute Gasteiger partial charge is 0.377 e. The Morgan fingerprint density at radius 2 is 2.25 bits per heavy atom. The molecule has 1 unspecified atom stereocenters. The van der Waals surface area contributed by atoms with Crippen LogP contribution >= 0.6 is 11.3 Å². The van der Waals surface area contributed by atoms with E-state index < -0.39 is 0 Å². The molecule has 0 bridgehead atoms. The van der Waals surface area contributed by atoms with Gasteiger partial charge in [-0.05, 0) is 25.8 Å². The molecule has 20 heavy (non-hydrogen) atoms. The lowest BCUT2D eigenvalue weighted by Crippen LogP contribution is -2.45. The number of thiazole rings is 1. The summed E-state index contributed by atoms with van der Waals surface area (Å²) < 4.78 is 5.59. The SMILES string of the molecule is CCCNCc1sc(N2CCOCC2CC)nc1CC. The van der Waals surface area contributed by atoms with E-state index in [9.17, 15) is 0 Å². The van der Waals surface area contributed by atoms with Crippen LogP contribution in [0.1, 0.15) is 44.2 Å². The average Bonchev–Trinajstić information content (AvgIpc) is 2.90. The van der Waals surface area contributed by atoms with E-state index in [-0.39, 0.29) is 0 Å². The molecule has 4 nitrogen and oxygen atoms in total. The van der Waals surface area contributed by atoms with Gasteiger partial charge in [0.25, 0.3) is 0 Å². The van der Waals surface area contributed by atoms with Gasteiger partial charge in [0.1, 0.15) is 0 Å². The smallest absolute Gasteiger partial charge is 0.186 e. The molecule has 0 spiro atoms. The van der Waals surface area contributed by atoms with Crippen LogP contribution in [0.4, 0.5) is 5.13 Å². The predicted octanol–water partition coefficient (Wildman–Crippen LogP) is 2.82. The molecule has 0 amide bonds. The highest BCUT2D eigenvalue weighted by atomic mass is 32.1. The molecule has 1 fully saturated rings. The van der Waals surface area contributed by atoms with Crippen LogP contribution in [0.5, 0.6) is 0 Å². The number of aromatic nitrogens is 1. The van der Waals surface area contributed by atoms with Gasteiger partial charge >= 0.3 is 0 Å². The zero-order chi connectivity index (χ0) is 14.4. The second-order valence-electron chi connectivity index (χ2n) is 5.23. The lowest BCUT2D eigenvalue weighted by atomic mass is 10.2. The van der Waals surface area contributed by atoms with Gasteiger partial charge in [0.2, 0.25) is 0 Å². The molecule has 1 N–H and O–H groups in total. The fourth-order valence-electron chi connectivity index (χ4n) is 2.53. The van der Waals surface area contributed by atoms with E-state index in [1.165, 1.54) is 22.1 Å². The summed E-state index contributed by atoms with van der Waals surface area (Å²) in [6.45, 7) is 11.3. The van der Waals surface area contributed by atoms with Crippen LogP contribution in [0, 0.1) is 0 Å². The molecule has 1 aliphatic rings. The van der Waals surface area contributed by atoms with E-state index in [1.54, 1.807) is 0 Å². The van der Waals surface area contributed by atoms with Crippen molar-refractivity contribution in [2.24, 2.45) is 0 Å². The number of ether oxygens (including phenoxy) is 1. The minimum absolute atomic E-state index is 0.482. The van der Waals surface area contributed by atoms with Crippen molar-refractivity contribution in [2.45, 2.75) is 52.6 Å². The van der Waals surface area contributed by atoms with Crippen molar-refractivity contribution in [3.8, 4) is 0 Å². The molecule has 0 aromatic carbocycles. The third-order valence-corrected chi connectivity index (χ3v) is 4.89. The Balaban J connectivity index is 2.10. The predicted molar refractivity (Wildman–Crippen MR) is 85.7 cm³/mol. The summed E-state index contributed by atoms with van der Waals surface area (Å²) in [6.07, 6.45) is 3.31. The number of hydrogen-bond acceptors (Lipinski definition) is 5. The average molecular weight is 297 g/mol. The molecule has 1 saturated heterocycles. The molecule has 2 rings (SSSR count). The second-order valence-corrected chi connectivity index (χ2v) is 6.29. The molecular formula is C15H27N3OS. The Kier molecular flexibility index (Phi) is 6.26. The van der Waals surface area contributed by atoms with E-state index in [1.807, 2.05) is 11.3 Å². The molecule has 0 aliphatic carbocycles. The first kappa shape index (κ1) is 15.7. The van der Waals surface area contributed by atoms with E-state index in [4.69, 9.17) is 9.72 Å². The van der Waals surface area contributed by atoms with Gasteiger partial charge in [-0.2, -0.15) is 0 Å². The monoisotopic (exact) mass is 297 g/mol. The number of hydrogen-bond donors (Lipinski definition) is 1. The van der Waals surface area contributed by atoms with Crippen LogP contribution in [-0.4, -0.2) is 37.3 Å². The van der Waals surface area contributed by atoms with Crippen LogP contribution in [0.15, 0.2) is 0 Å². The third kappa shape index (κ3) is 3.71.